The summed E-state index contributed by atoms with van der Waals surface area (Å²) in [5.41, 5.74) is 11.2. The van der Waals surface area contributed by atoms with Crippen molar-refractivity contribution in [1.29, 1.82) is 0 Å². The van der Waals surface area contributed by atoms with Crippen molar-refractivity contribution in [3.05, 3.63) is 285 Å². The standard InChI is InChI=1S/C74H61N4OSi.Pt/c1-73(2,3)56-43-44-75-71(48-56)78-67-39-21-22-40-69(67)80(61-31-15-9-16-32-61,62-33-17-10-18-34-62)70-42-41-60(50-68(70)78)79-59-30-23-29-58(49-59)76-51-77(66-38-20-19-37-65(66)76)72-63(53-27-13-8-14-28-53)35-24-36-64(72)55-45-54(52-25-11-7-12-26-52)46-57(47-55)74(4,5)6;/h7-48,51H,1-6H3;/q-3;/i8D,13D,14D,27D,28D;. The molecule has 0 atom stereocenters. The molecule has 0 radical (unpaired) electrons. The number of ether oxygens (including phenoxy) is 1. The number of nitrogens with zero attached hydrogens (tertiary/aromatic N) is 4. The van der Waals surface area contributed by atoms with Crippen LogP contribution < -0.4 is 40.2 Å². The Labute approximate surface area is 500 Å². The zero-order chi connectivity index (χ0) is 58.9. The Hall–Kier alpha value is -8.54. The predicted molar refractivity (Wildman–Crippen MR) is 335 cm³/mol. The molecule has 13 rings (SSSR count). The molecule has 5 nitrogen and oxygen atoms in total. The monoisotopic (exact) mass is 1250 g/mol. The van der Waals surface area contributed by atoms with E-state index in [0.29, 0.717) is 28.4 Å². The molecule has 0 fully saturated rings. The van der Waals surface area contributed by atoms with Crippen LogP contribution in [0.3, 0.4) is 0 Å². The average molecular weight is 1250 g/mol. The van der Waals surface area contributed by atoms with E-state index in [9.17, 15) is 2.74 Å². The van der Waals surface area contributed by atoms with Crippen molar-refractivity contribution in [2.24, 2.45) is 0 Å². The van der Waals surface area contributed by atoms with Crippen LogP contribution >= 0.6 is 0 Å². The molecule has 3 heterocycles. The number of rotatable bonds is 10. The molecule has 0 amide bonds. The van der Waals surface area contributed by atoms with Gasteiger partial charge in [0.15, 0.2) is 0 Å². The van der Waals surface area contributed by atoms with Crippen LogP contribution in [0, 0.1) is 18.8 Å². The van der Waals surface area contributed by atoms with Gasteiger partial charge in [-0.1, -0.05) is 239 Å². The summed E-state index contributed by atoms with van der Waals surface area (Å²) in [7, 11) is -3.03. The van der Waals surface area contributed by atoms with Gasteiger partial charge in [0.25, 0.3) is 0 Å². The van der Waals surface area contributed by atoms with Crippen LogP contribution in [0.25, 0.3) is 33.4 Å². The fraction of sp³-hybridized carbons (Fsp3) is 0.108. The molecule has 1 aromatic heterocycles. The van der Waals surface area contributed by atoms with Crippen molar-refractivity contribution in [1.82, 2.24) is 4.98 Å². The van der Waals surface area contributed by atoms with E-state index in [4.69, 9.17) is 13.8 Å². The molecule has 81 heavy (non-hydrogen) atoms. The summed E-state index contributed by atoms with van der Waals surface area (Å²) in [5, 5.41) is 4.91. The number of anilines is 7. The summed E-state index contributed by atoms with van der Waals surface area (Å²) < 4.78 is 51.9. The first-order valence-corrected chi connectivity index (χ1v) is 29.2. The molecule has 0 aliphatic carbocycles. The zero-order valence-corrected chi connectivity index (χ0v) is 49.2. The zero-order valence-electron chi connectivity index (χ0n) is 51.0. The Morgan fingerprint density at radius 3 is 1.74 bits per heavy atom. The molecule has 0 unspecified atom stereocenters. The van der Waals surface area contributed by atoms with E-state index >= 15 is 0 Å². The summed E-state index contributed by atoms with van der Waals surface area (Å²) in [6.45, 7) is 15.3. The van der Waals surface area contributed by atoms with E-state index < -0.39 is 26.2 Å². The van der Waals surface area contributed by atoms with Gasteiger partial charge in [-0.2, -0.15) is 12.1 Å². The summed E-state index contributed by atoms with van der Waals surface area (Å²) in [4.78, 5) is 11.5. The van der Waals surface area contributed by atoms with Crippen molar-refractivity contribution in [3.8, 4) is 44.9 Å². The van der Waals surface area contributed by atoms with Gasteiger partial charge in [0.2, 0.25) is 0 Å². The van der Waals surface area contributed by atoms with Gasteiger partial charge in [-0.15, -0.1) is 47.9 Å². The number of aromatic nitrogens is 1. The number of pyridine rings is 1. The topological polar surface area (TPSA) is 31.8 Å². The van der Waals surface area contributed by atoms with Crippen LogP contribution in [-0.4, -0.2) is 13.1 Å². The molecule has 0 spiro atoms. The fourth-order valence-electron chi connectivity index (χ4n) is 11.5. The molecule has 0 bridgehead atoms. The molecule has 0 saturated heterocycles. The van der Waals surface area contributed by atoms with Gasteiger partial charge in [-0.05, 0) is 85.8 Å². The summed E-state index contributed by atoms with van der Waals surface area (Å²) in [5.74, 6) is 1.76. The third-order valence-electron chi connectivity index (χ3n) is 15.5. The van der Waals surface area contributed by atoms with Gasteiger partial charge < -0.3 is 19.4 Å². The first kappa shape index (κ1) is 47.3. The van der Waals surface area contributed by atoms with Crippen LogP contribution in [0.1, 0.15) is 59.5 Å². The van der Waals surface area contributed by atoms with Gasteiger partial charge in [-0.25, -0.2) is 4.98 Å². The van der Waals surface area contributed by atoms with E-state index in [1.807, 2.05) is 85.7 Å². The minimum Gasteiger partial charge on any atom is -0.509 e. The van der Waals surface area contributed by atoms with Crippen LogP contribution in [0.4, 0.5) is 39.9 Å². The maximum Gasteiger partial charge on any atom is 0.135 e. The summed E-state index contributed by atoms with van der Waals surface area (Å²) in [6, 6.07) is 81.6. The number of benzene rings is 10. The Balaban J connectivity index is 0.00000724. The smallest absolute Gasteiger partial charge is 0.135 e. The van der Waals surface area contributed by atoms with E-state index in [2.05, 4.69) is 214 Å². The Bertz CT molecular complexity index is 4310. The minimum absolute atomic E-state index is 0. The number of fused-ring (bicyclic) bond motifs is 3. The first-order chi connectivity index (χ1) is 41.0. The fourth-order valence-corrected chi connectivity index (χ4v) is 16.6. The van der Waals surface area contributed by atoms with E-state index in [1.165, 1.54) is 15.6 Å². The SMILES string of the molecule is [2H]c1c([2H])c([2H])c(-c2cccc(-c3cc(-c4ccccc4)cc(C(C)(C)C)c3)c2N2[CH-]N(c3[c-]c(Oc4[c-]c5c(cc4)[Si](c4ccccc4)(c4ccccc4)c4ccccc4N5c4cc(C(C)(C)C)ccn4)ccc3)c3ccccc32)c([2H])c1[2H].[Pt]. The molecule has 0 saturated carbocycles. The largest absolute Gasteiger partial charge is 0.509 e. The third-order valence-corrected chi connectivity index (χ3v) is 20.3. The quantitative estimate of drug-likeness (QED) is 0.101. The van der Waals surface area contributed by atoms with Crippen molar-refractivity contribution >= 4 is 68.8 Å². The van der Waals surface area contributed by atoms with Crippen LogP contribution in [0.15, 0.2) is 255 Å². The molecule has 7 heteroatoms. The van der Waals surface area contributed by atoms with Crippen LogP contribution in [0.5, 0.6) is 11.5 Å². The predicted octanol–water partition coefficient (Wildman–Crippen LogP) is 16.6. The molecular formula is C74H61N4OPtSi-3. The van der Waals surface area contributed by atoms with E-state index in [-0.39, 0.29) is 49.5 Å². The van der Waals surface area contributed by atoms with Crippen molar-refractivity contribution < 1.29 is 32.7 Å². The van der Waals surface area contributed by atoms with Gasteiger partial charge in [0.1, 0.15) is 13.9 Å². The van der Waals surface area contributed by atoms with Gasteiger partial charge >= 0.3 is 0 Å². The molecule has 0 N–H and O–H groups in total. The maximum absolute atomic E-state index is 9.34. The second kappa shape index (κ2) is 21.5. The third kappa shape index (κ3) is 9.71. The summed E-state index contributed by atoms with van der Waals surface area (Å²) >= 11 is 0. The molecule has 11 aromatic rings. The van der Waals surface area contributed by atoms with E-state index in [1.54, 1.807) is 0 Å². The Kier molecular flexibility index (Phi) is 12.5. The summed E-state index contributed by atoms with van der Waals surface area (Å²) in [6.07, 6.45) is 1.91. The van der Waals surface area contributed by atoms with Crippen molar-refractivity contribution in [2.75, 3.05) is 14.7 Å². The normalized spacial score (nSPS) is 14.3. The van der Waals surface area contributed by atoms with Gasteiger partial charge in [0.05, 0.1) is 6.85 Å². The Morgan fingerprint density at radius 1 is 0.481 bits per heavy atom. The van der Waals surface area contributed by atoms with Crippen molar-refractivity contribution in [2.45, 2.75) is 52.4 Å². The van der Waals surface area contributed by atoms with Gasteiger partial charge in [-0.3, -0.25) is 0 Å². The van der Waals surface area contributed by atoms with Crippen LogP contribution in [0.2, 0.25) is 0 Å². The number of hydrogen-bond acceptors (Lipinski definition) is 5. The van der Waals surface area contributed by atoms with Gasteiger partial charge in [0, 0.05) is 72.6 Å². The van der Waals surface area contributed by atoms with Crippen LogP contribution in [-0.2, 0) is 31.9 Å². The molecular weight excluding hydrogens is 1180 g/mol. The number of para-hydroxylation sites is 4. The maximum atomic E-state index is 9.34. The Morgan fingerprint density at radius 2 is 1.06 bits per heavy atom. The molecule has 10 aromatic carbocycles. The number of hydrogen-bond donors (Lipinski definition) is 0. The molecule has 400 valence electrons. The first-order valence-electron chi connectivity index (χ1n) is 29.7. The molecule has 2 aliphatic heterocycles. The second-order valence-corrected chi connectivity index (χ2v) is 26.3. The van der Waals surface area contributed by atoms with Crippen molar-refractivity contribution in [3.63, 3.8) is 0 Å². The minimum atomic E-state index is -3.03. The van der Waals surface area contributed by atoms with E-state index in [0.717, 1.165) is 67.1 Å². The second-order valence-electron chi connectivity index (χ2n) is 22.5. The average Bonchev–Trinajstić information content (AvgIpc) is 0.826. The molecule has 2 aliphatic rings.